The van der Waals surface area contributed by atoms with Crippen molar-refractivity contribution in [3.8, 4) is 11.5 Å². The first-order chi connectivity index (χ1) is 15.7. The number of benzene rings is 2. The van der Waals surface area contributed by atoms with Crippen molar-refractivity contribution >= 4 is 6.03 Å². The topological polar surface area (TPSA) is 54.0 Å². The second kappa shape index (κ2) is 10.7. The highest BCUT2D eigenvalue weighted by atomic mass is 16.5. The zero-order chi connectivity index (χ0) is 22.3. The Bertz CT molecular complexity index is 897. The van der Waals surface area contributed by atoms with E-state index in [1.54, 1.807) is 14.2 Å². The van der Waals surface area contributed by atoms with Crippen molar-refractivity contribution in [1.29, 1.82) is 0 Å². The number of likely N-dealkylation sites (tertiary alicyclic amines) is 1. The Morgan fingerprint density at radius 1 is 1.00 bits per heavy atom. The minimum atomic E-state index is -0.149. The number of nitrogens with zero attached hydrogens (tertiary/aromatic N) is 2. The quantitative estimate of drug-likeness (QED) is 0.628. The van der Waals surface area contributed by atoms with Crippen LogP contribution >= 0.6 is 0 Å². The molecule has 6 heteroatoms. The molecular weight excluding hydrogens is 402 g/mol. The van der Waals surface area contributed by atoms with E-state index in [-0.39, 0.29) is 12.1 Å². The van der Waals surface area contributed by atoms with Gasteiger partial charge in [0.25, 0.3) is 0 Å². The molecule has 1 fully saturated rings. The van der Waals surface area contributed by atoms with E-state index in [1.165, 1.54) is 31.5 Å². The number of rotatable bonds is 8. The van der Waals surface area contributed by atoms with Gasteiger partial charge in [-0.05, 0) is 80.6 Å². The lowest BCUT2D eigenvalue weighted by Crippen LogP contribution is -2.46. The van der Waals surface area contributed by atoms with Gasteiger partial charge in [-0.1, -0.05) is 30.3 Å². The van der Waals surface area contributed by atoms with Crippen LogP contribution in [0.3, 0.4) is 0 Å². The maximum Gasteiger partial charge on any atom is 0.318 e. The van der Waals surface area contributed by atoms with Crippen molar-refractivity contribution in [2.45, 2.75) is 38.1 Å². The molecule has 0 saturated carbocycles. The highest BCUT2D eigenvalue weighted by Crippen LogP contribution is 2.40. The van der Waals surface area contributed by atoms with E-state index in [0.717, 1.165) is 42.7 Å². The van der Waals surface area contributed by atoms with E-state index in [1.807, 2.05) is 29.2 Å². The Balaban J connectivity index is 1.48. The van der Waals surface area contributed by atoms with Crippen LogP contribution in [0, 0.1) is 0 Å². The Hall–Kier alpha value is -2.73. The summed E-state index contributed by atoms with van der Waals surface area (Å²) in [5, 5.41) is 3.17. The Morgan fingerprint density at radius 2 is 1.72 bits per heavy atom. The second-order valence-electron chi connectivity index (χ2n) is 8.65. The third-order valence-electron chi connectivity index (χ3n) is 6.63. The molecule has 1 saturated heterocycles. The van der Waals surface area contributed by atoms with E-state index < -0.39 is 0 Å². The number of methoxy groups -OCH3 is 2. The molecule has 4 rings (SSSR count). The molecule has 0 aromatic heterocycles. The van der Waals surface area contributed by atoms with E-state index in [0.29, 0.717) is 18.8 Å². The molecule has 1 atom stereocenters. The largest absolute Gasteiger partial charge is 0.493 e. The number of nitrogens with one attached hydrogen (secondary N) is 1. The molecular formula is C26H35N3O3. The maximum absolute atomic E-state index is 13.2. The van der Waals surface area contributed by atoms with Gasteiger partial charge in [0.1, 0.15) is 0 Å². The molecule has 2 amide bonds. The van der Waals surface area contributed by atoms with Crippen LogP contribution in [0.15, 0.2) is 42.5 Å². The van der Waals surface area contributed by atoms with Gasteiger partial charge >= 0.3 is 6.03 Å². The van der Waals surface area contributed by atoms with E-state index in [2.05, 4.69) is 28.4 Å². The molecule has 2 aliphatic rings. The van der Waals surface area contributed by atoms with Crippen molar-refractivity contribution in [2.24, 2.45) is 0 Å². The number of ether oxygens (including phenoxy) is 2. The summed E-state index contributed by atoms with van der Waals surface area (Å²) in [6.07, 6.45) is 5.58. The van der Waals surface area contributed by atoms with Gasteiger partial charge in [-0.3, -0.25) is 0 Å². The number of carbonyl (C=O) groups excluding carboxylic acids is 1. The minimum absolute atomic E-state index is 0.000426. The van der Waals surface area contributed by atoms with Crippen LogP contribution < -0.4 is 14.8 Å². The molecule has 1 N–H and O–H groups in total. The lowest BCUT2D eigenvalue weighted by molar-refractivity contribution is 0.179. The summed E-state index contributed by atoms with van der Waals surface area (Å²) in [7, 11) is 3.31. The number of amides is 2. The van der Waals surface area contributed by atoms with E-state index >= 15 is 0 Å². The molecule has 0 bridgehead atoms. The average molecular weight is 438 g/mol. The monoisotopic (exact) mass is 437 g/mol. The molecule has 2 aromatic rings. The number of unbranched alkanes of at least 4 members (excludes halogenated alkanes) is 1. The first kappa shape index (κ1) is 22.5. The second-order valence-corrected chi connectivity index (χ2v) is 8.65. The summed E-state index contributed by atoms with van der Waals surface area (Å²) in [6.45, 7) is 4.98. The van der Waals surface area contributed by atoms with Crippen molar-refractivity contribution < 1.29 is 14.3 Å². The minimum Gasteiger partial charge on any atom is -0.493 e. The zero-order valence-electron chi connectivity index (χ0n) is 19.3. The first-order valence-corrected chi connectivity index (χ1v) is 11.8. The van der Waals surface area contributed by atoms with Gasteiger partial charge in [0.2, 0.25) is 0 Å². The summed E-state index contributed by atoms with van der Waals surface area (Å²) in [5.74, 6) is 1.42. The molecule has 0 spiro atoms. The van der Waals surface area contributed by atoms with Crippen LogP contribution in [0.25, 0.3) is 0 Å². The van der Waals surface area contributed by atoms with Crippen molar-refractivity contribution in [3.05, 3.63) is 59.2 Å². The normalized spacial score (nSPS) is 18.3. The number of fused-ring (bicyclic) bond motifs is 1. The fourth-order valence-corrected chi connectivity index (χ4v) is 4.92. The summed E-state index contributed by atoms with van der Waals surface area (Å²) in [6, 6.07) is 14.2. The van der Waals surface area contributed by atoms with Gasteiger partial charge in [0, 0.05) is 13.1 Å². The number of hydrogen-bond acceptors (Lipinski definition) is 4. The lowest BCUT2D eigenvalue weighted by Gasteiger charge is -2.38. The summed E-state index contributed by atoms with van der Waals surface area (Å²) >= 11 is 0. The fourth-order valence-electron chi connectivity index (χ4n) is 4.92. The van der Waals surface area contributed by atoms with Crippen LogP contribution in [0.4, 0.5) is 4.79 Å². The zero-order valence-corrected chi connectivity index (χ0v) is 19.3. The molecule has 2 heterocycles. The predicted molar refractivity (Wildman–Crippen MR) is 127 cm³/mol. The van der Waals surface area contributed by atoms with E-state index in [4.69, 9.17) is 9.47 Å². The number of carbonyl (C=O) groups is 1. The molecule has 172 valence electrons. The van der Waals surface area contributed by atoms with Crippen molar-refractivity contribution in [1.82, 2.24) is 15.1 Å². The van der Waals surface area contributed by atoms with Crippen LogP contribution in [0.1, 0.15) is 48.4 Å². The number of hydrogen-bond donors (Lipinski definition) is 1. The van der Waals surface area contributed by atoms with Gasteiger partial charge in [0.05, 0.1) is 20.3 Å². The average Bonchev–Trinajstić information content (AvgIpc) is 3.36. The van der Waals surface area contributed by atoms with Crippen LogP contribution in [-0.4, -0.2) is 62.8 Å². The Labute approximate surface area is 191 Å². The summed E-state index contributed by atoms with van der Waals surface area (Å²) in [4.78, 5) is 17.7. The molecule has 2 aliphatic heterocycles. The maximum atomic E-state index is 13.2. The molecule has 6 nitrogen and oxygen atoms in total. The van der Waals surface area contributed by atoms with Crippen LogP contribution in [0.2, 0.25) is 0 Å². The third kappa shape index (κ3) is 5.01. The standard InChI is InChI=1S/C26H35N3O3/c1-31-23-18-21-12-17-29(26(30)27-13-6-7-14-28-15-8-9-16-28)25(20-10-4-3-5-11-20)22(21)19-24(23)32-2/h3-5,10-11,18-19,25H,6-9,12-17H2,1-2H3,(H,27,30). The van der Waals surface area contributed by atoms with Crippen LogP contribution in [0.5, 0.6) is 11.5 Å². The molecule has 32 heavy (non-hydrogen) atoms. The molecule has 0 aliphatic carbocycles. The fraction of sp³-hybridized carbons (Fsp3) is 0.500. The summed E-state index contributed by atoms with van der Waals surface area (Å²) in [5.41, 5.74) is 3.40. The molecule has 0 radical (unpaired) electrons. The lowest BCUT2D eigenvalue weighted by atomic mass is 9.88. The third-order valence-corrected chi connectivity index (χ3v) is 6.63. The highest BCUT2D eigenvalue weighted by molar-refractivity contribution is 5.76. The van der Waals surface area contributed by atoms with E-state index in [9.17, 15) is 4.79 Å². The predicted octanol–water partition coefficient (Wildman–Crippen LogP) is 4.24. The SMILES string of the molecule is COc1cc2c(cc1OC)C(c1ccccc1)N(C(=O)NCCCCN1CCCC1)CC2. The molecule has 1 unspecified atom stereocenters. The first-order valence-electron chi connectivity index (χ1n) is 11.8. The van der Waals surface area contributed by atoms with Gasteiger partial charge in [0.15, 0.2) is 11.5 Å². The number of urea groups is 1. The Kier molecular flexibility index (Phi) is 7.53. The van der Waals surface area contributed by atoms with Gasteiger partial charge < -0.3 is 24.6 Å². The smallest absolute Gasteiger partial charge is 0.318 e. The summed E-state index contributed by atoms with van der Waals surface area (Å²) < 4.78 is 11.1. The molecule has 2 aromatic carbocycles. The highest BCUT2D eigenvalue weighted by Gasteiger charge is 2.33. The van der Waals surface area contributed by atoms with Crippen molar-refractivity contribution in [3.63, 3.8) is 0 Å². The van der Waals surface area contributed by atoms with Gasteiger partial charge in [-0.2, -0.15) is 0 Å². The van der Waals surface area contributed by atoms with Gasteiger partial charge in [-0.25, -0.2) is 4.79 Å². The van der Waals surface area contributed by atoms with Crippen molar-refractivity contribution in [2.75, 3.05) is 46.9 Å². The van der Waals surface area contributed by atoms with Gasteiger partial charge in [-0.15, -0.1) is 0 Å². The van der Waals surface area contributed by atoms with Crippen LogP contribution in [-0.2, 0) is 6.42 Å². The Morgan fingerprint density at radius 3 is 2.44 bits per heavy atom.